The van der Waals surface area contributed by atoms with Gasteiger partial charge in [0.15, 0.2) is 0 Å². The highest BCUT2D eigenvalue weighted by Gasteiger charge is 2.44. The van der Waals surface area contributed by atoms with Crippen LogP contribution < -0.4 is 16.4 Å². The molecule has 9 nitrogen and oxygen atoms in total. The van der Waals surface area contributed by atoms with Crippen molar-refractivity contribution in [2.24, 2.45) is 5.73 Å². The number of benzene rings is 2. The average molecular weight is 519 g/mol. The monoisotopic (exact) mass is 518 g/mol. The number of ether oxygens (including phenoxy) is 1. The molecule has 1 aliphatic carbocycles. The standard InChI is InChI=1S/C29H34N4O5/c1-5-20-13-9-10-14-22(20)25(26(35)31-18-19-11-7-6-8-12-19)33(21-15-16-21)27(36)23(17-24(30)34)32-28(37)38-29(2,3)4/h1,6-14,21,23,25H,15-18H2,2-4H3,(H2,30,34)(H,31,35)(H,32,37). The first-order chi connectivity index (χ1) is 18.0. The Balaban J connectivity index is 1.98. The van der Waals surface area contributed by atoms with Crippen LogP contribution in [0.3, 0.4) is 0 Å². The van der Waals surface area contributed by atoms with E-state index in [1.807, 2.05) is 30.3 Å². The molecule has 4 N–H and O–H groups in total. The van der Waals surface area contributed by atoms with E-state index in [4.69, 9.17) is 16.9 Å². The van der Waals surface area contributed by atoms with Gasteiger partial charge < -0.3 is 26.0 Å². The van der Waals surface area contributed by atoms with Crippen molar-refractivity contribution in [1.29, 1.82) is 0 Å². The average Bonchev–Trinajstić information content (AvgIpc) is 3.69. The van der Waals surface area contributed by atoms with Crippen LogP contribution in [0, 0.1) is 12.3 Å². The predicted octanol–water partition coefficient (Wildman–Crippen LogP) is 2.79. The Bertz CT molecular complexity index is 1210. The summed E-state index contributed by atoms with van der Waals surface area (Å²) in [5.41, 5.74) is 6.40. The Morgan fingerprint density at radius 2 is 1.71 bits per heavy atom. The summed E-state index contributed by atoms with van der Waals surface area (Å²) >= 11 is 0. The van der Waals surface area contributed by atoms with Gasteiger partial charge >= 0.3 is 6.09 Å². The first-order valence-corrected chi connectivity index (χ1v) is 12.5. The summed E-state index contributed by atoms with van der Waals surface area (Å²) in [6.07, 6.45) is 5.73. The normalized spacial score (nSPS) is 14.4. The Morgan fingerprint density at radius 1 is 1.08 bits per heavy atom. The molecular weight excluding hydrogens is 484 g/mol. The summed E-state index contributed by atoms with van der Waals surface area (Å²) in [6.45, 7) is 5.27. The molecule has 2 unspecified atom stereocenters. The van der Waals surface area contributed by atoms with E-state index in [0.29, 0.717) is 24.0 Å². The molecule has 38 heavy (non-hydrogen) atoms. The Hall–Kier alpha value is -4.32. The molecular formula is C29H34N4O5. The lowest BCUT2D eigenvalue weighted by atomic mass is 9.97. The molecule has 0 spiro atoms. The van der Waals surface area contributed by atoms with Crippen LogP contribution in [0.4, 0.5) is 4.79 Å². The second-order valence-electron chi connectivity index (χ2n) is 10.2. The van der Waals surface area contributed by atoms with Crippen LogP contribution in [0.15, 0.2) is 54.6 Å². The maximum atomic E-state index is 14.0. The van der Waals surface area contributed by atoms with E-state index in [0.717, 1.165) is 5.56 Å². The fraction of sp³-hybridized carbons (Fsp3) is 0.379. The van der Waals surface area contributed by atoms with Gasteiger partial charge in [0.1, 0.15) is 17.7 Å². The molecule has 2 aromatic rings. The molecule has 0 bridgehead atoms. The number of nitrogens with one attached hydrogen (secondary N) is 2. The number of hydrogen-bond acceptors (Lipinski definition) is 5. The van der Waals surface area contributed by atoms with Gasteiger partial charge in [-0.1, -0.05) is 54.5 Å². The number of hydrogen-bond donors (Lipinski definition) is 3. The third-order valence-corrected chi connectivity index (χ3v) is 5.84. The van der Waals surface area contributed by atoms with Crippen LogP contribution in [-0.4, -0.2) is 46.4 Å². The number of rotatable bonds is 10. The minimum absolute atomic E-state index is 0.238. The van der Waals surface area contributed by atoms with Gasteiger partial charge in [-0.3, -0.25) is 14.4 Å². The zero-order chi connectivity index (χ0) is 27.9. The van der Waals surface area contributed by atoms with Crippen LogP contribution >= 0.6 is 0 Å². The van der Waals surface area contributed by atoms with Crippen molar-refractivity contribution in [3.63, 3.8) is 0 Å². The van der Waals surface area contributed by atoms with E-state index in [1.54, 1.807) is 45.0 Å². The number of amides is 4. The van der Waals surface area contributed by atoms with Crippen molar-refractivity contribution in [3.8, 4) is 12.3 Å². The van der Waals surface area contributed by atoms with Gasteiger partial charge in [0, 0.05) is 18.2 Å². The molecule has 1 fully saturated rings. The molecule has 9 heteroatoms. The van der Waals surface area contributed by atoms with Gasteiger partial charge in [-0.15, -0.1) is 6.42 Å². The summed E-state index contributed by atoms with van der Waals surface area (Å²) in [6, 6.07) is 13.5. The Kier molecular flexibility index (Phi) is 9.13. The summed E-state index contributed by atoms with van der Waals surface area (Å²) in [5.74, 6) is 0.748. The van der Waals surface area contributed by atoms with Gasteiger partial charge in [-0.2, -0.15) is 0 Å². The quantitative estimate of drug-likeness (QED) is 0.416. The first-order valence-electron chi connectivity index (χ1n) is 12.5. The zero-order valence-corrected chi connectivity index (χ0v) is 21.9. The molecule has 200 valence electrons. The summed E-state index contributed by atoms with van der Waals surface area (Å²) < 4.78 is 5.29. The SMILES string of the molecule is C#Cc1ccccc1C(C(=O)NCc1ccccc1)N(C(=O)C(CC(N)=O)NC(=O)OC(C)(C)C)C1CC1. The molecule has 0 aromatic heterocycles. The Labute approximate surface area is 223 Å². The van der Waals surface area contributed by atoms with Crippen molar-refractivity contribution in [3.05, 3.63) is 71.3 Å². The van der Waals surface area contributed by atoms with Gasteiger partial charge in [-0.25, -0.2) is 4.79 Å². The van der Waals surface area contributed by atoms with Crippen LogP contribution in [0.25, 0.3) is 0 Å². The summed E-state index contributed by atoms with van der Waals surface area (Å²) in [5, 5.41) is 5.39. The van der Waals surface area contributed by atoms with Gasteiger partial charge in [0.2, 0.25) is 17.7 Å². The van der Waals surface area contributed by atoms with Crippen molar-refractivity contribution < 1.29 is 23.9 Å². The molecule has 4 amide bonds. The number of nitrogens with two attached hydrogens (primary N) is 1. The number of primary amides is 1. The third-order valence-electron chi connectivity index (χ3n) is 5.84. The topological polar surface area (TPSA) is 131 Å². The summed E-state index contributed by atoms with van der Waals surface area (Å²) in [4.78, 5) is 53.5. The van der Waals surface area contributed by atoms with Crippen LogP contribution in [0.2, 0.25) is 0 Å². The van der Waals surface area contributed by atoms with Gasteiger partial charge in [-0.05, 0) is 50.8 Å². The maximum Gasteiger partial charge on any atom is 0.408 e. The zero-order valence-electron chi connectivity index (χ0n) is 21.9. The molecule has 0 radical (unpaired) electrons. The third kappa shape index (κ3) is 7.84. The molecule has 2 atom stereocenters. The number of nitrogens with zero attached hydrogens (tertiary/aromatic N) is 1. The molecule has 0 aliphatic heterocycles. The lowest BCUT2D eigenvalue weighted by Crippen LogP contribution is -2.54. The first kappa shape index (κ1) is 28.3. The number of terminal acetylenes is 1. The van der Waals surface area contributed by atoms with Crippen molar-refractivity contribution in [2.75, 3.05) is 0 Å². The highest BCUT2D eigenvalue weighted by atomic mass is 16.6. The largest absolute Gasteiger partial charge is 0.444 e. The lowest BCUT2D eigenvalue weighted by Gasteiger charge is -2.35. The molecule has 1 aliphatic rings. The highest BCUT2D eigenvalue weighted by molar-refractivity contribution is 5.95. The second kappa shape index (κ2) is 12.3. The fourth-order valence-electron chi connectivity index (χ4n) is 4.07. The van der Waals surface area contributed by atoms with Gasteiger partial charge in [0.25, 0.3) is 0 Å². The van der Waals surface area contributed by atoms with E-state index in [-0.39, 0.29) is 12.6 Å². The minimum Gasteiger partial charge on any atom is -0.444 e. The molecule has 0 saturated heterocycles. The van der Waals surface area contributed by atoms with Crippen molar-refractivity contribution in [1.82, 2.24) is 15.5 Å². The van der Waals surface area contributed by atoms with Crippen molar-refractivity contribution in [2.45, 2.75) is 70.3 Å². The number of carbonyl (C=O) groups is 4. The maximum absolute atomic E-state index is 14.0. The number of alkyl carbamates (subject to hydrolysis) is 1. The van der Waals surface area contributed by atoms with E-state index in [1.165, 1.54) is 4.90 Å². The molecule has 2 aromatic carbocycles. The smallest absolute Gasteiger partial charge is 0.408 e. The van der Waals surface area contributed by atoms with Crippen LogP contribution in [0.5, 0.6) is 0 Å². The summed E-state index contributed by atoms with van der Waals surface area (Å²) in [7, 11) is 0. The molecule has 3 rings (SSSR count). The van der Waals surface area contributed by atoms with Crippen LogP contribution in [0.1, 0.15) is 62.8 Å². The molecule has 0 heterocycles. The van der Waals surface area contributed by atoms with E-state index < -0.39 is 47.9 Å². The van der Waals surface area contributed by atoms with E-state index in [2.05, 4.69) is 16.6 Å². The second-order valence-corrected chi connectivity index (χ2v) is 10.2. The minimum atomic E-state index is -1.33. The fourth-order valence-corrected chi connectivity index (χ4v) is 4.07. The van der Waals surface area contributed by atoms with Gasteiger partial charge in [0.05, 0.1) is 6.42 Å². The highest BCUT2D eigenvalue weighted by Crippen LogP contribution is 2.36. The van der Waals surface area contributed by atoms with Crippen molar-refractivity contribution >= 4 is 23.8 Å². The lowest BCUT2D eigenvalue weighted by molar-refractivity contribution is -0.144. The predicted molar refractivity (Wildman–Crippen MR) is 142 cm³/mol. The number of carbonyl (C=O) groups excluding carboxylic acids is 4. The van der Waals surface area contributed by atoms with Crippen LogP contribution in [-0.2, 0) is 25.7 Å². The Morgan fingerprint density at radius 3 is 2.29 bits per heavy atom. The molecule has 1 saturated carbocycles. The van der Waals surface area contributed by atoms with E-state index >= 15 is 0 Å². The van der Waals surface area contributed by atoms with E-state index in [9.17, 15) is 19.2 Å².